The smallest absolute Gasteiger partial charge is 0.333 e. The van der Waals surface area contributed by atoms with Gasteiger partial charge in [-0.25, -0.2) is 4.79 Å². The standard InChI is InChI=1S/C16H20NO8P/c1-9(2)15(20)24-7-6-17-13(18)11-10-3-4-16(25-10,12(11)14(17)19)5-8-26(21,22)23/h3-4,10-12H,1,5-8H2,2H3,(H2,21,22,23). The molecule has 2 bridgehead atoms. The summed E-state index contributed by atoms with van der Waals surface area (Å²) in [6.45, 7) is 4.72. The highest BCUT2D eigenvalue weighted by Crippen LogP contribution is 2.54. The lowest BCUT2D eigenvalue weighted by molar-refractivity contribution is -0.148. The summed E-state index contributed by atoms with van der Waals surface area (Å²) in [5.74, 6) is -3.01. The Bertz CT molecular complexity index is 755. The first-order valence-corrected chi connectivity index (χ1v) is 9.95. The number of carbonyl (C=O) groups excluding carboxylic acids is 3. The largest absolute Gasteiger partial charge is 0.460 e. The van der Waals surface area contributed by atoms with Crippen molar-refractivity contribution >= 4 is 25.4 Å². The van der Waals surface area contributed by atoms with Crippen LogP contribution in [-0.4, -0.2) is 63.5 Å². The quantitative estimate of drug-likeness (QED) is 0.206. The molecule has 142 valence electrons. The second-order valence-corrected chi connectivity index (χ2v) is 8.56. The van der Waals surface area contributed by atoms with Gasteiger partial charge in [0.15, 0.2) is 0 Å². The van der Waals surface area contributed by atoms with Crippen molar-refractivity contribution in [3.8, 4) is 0 Å². The summed E-state index contributed by atoms with van der Waals surface area (Å²) in [6, 6.07) is 0. The van der Waals surface area contributed by atoms with Gasteiger partial charge >= 0.3 is 13.6 Å². The minimum absolute atomic E-state index is 0.0526. The van der Waals surface area contributed by atoms with Crippen LogP contribution < -0.4 is 0 Å². The van der Waals surface area contributed by atoms with Gasteiger partial charge in [0.05, 0.1) is 30.6 Å². The molecule has 26 heavy (non-hydrogen) atoms. The van der Waals surface area contributed by atoms with E-state index in [1.807, 2.05) is 0 Å². The van der Waals surface area contributed by atoms with Gasteiger partial charge < -0.3 is 19.3 Å². The van der Waals surface area contributed by atoms with Crippen molar-refractivity contribution in [3.05, 3.63) is 24.3 Å². The molecule has 0 aromatic carbocycles. The van der Waals surface area contributed by atoms with E-state index >= 15 is 0 Å². The zero-order chi connectivity index (χ0) is 19.3. The van der Waals surface area contributed by atoms with Crippen LogP contribution in [0.25, 0.3) is 0 Å². The van der Waals surface area contributed by atoms with E-state index in [0.717, 1.165) is 4.90 Å². The first-order chi connectivity index (χ1) is 12.1. The monoisotopic (exact) mass is 385 g/mol. The van der Waals surface area contributed by atoms with Crippen molar-refractivity contribution < 1.29 is 38.2 Å². The molecule has 3 aliphatic rings. The van der Waals surface area contributed by atoms with Crippen LogP contribution in [0, 0.1) is 11.8 Å². The zero-order valence-electron chi connectivity index (χ0n) is 14.2. The third kappa shape index (κ3) is 3.16. The summed E-state index contributed by atoms with van der Waals surface area (Å²) < 4.78 is 21.9. The Hall–Kier alpha value is -1.80. The minimum atomic E-state index is -4.27. The number of nitrogens with zero attached hydrogens (tertiary/aromatic N) is 1. The minimum Gasteiger partial charge on any atom is -0.460 e. The van der Waals surface area contributed by atoms with Crippen LogP contribution in [0.4, 0.5) is 0 Å². The third-order valence-corrected chi connectivity index (χ3v) is 5.74. The Balaban J connectivity index is 1.71. The Morgan fingerprint density at radius 1 is 1.42 bits per heavy atom. The summed E-state index contributed by atoms with van der Waals surface area (Å²) in [5.41, 5.74) is -0.959. The second-order valence-electron chi connectivity index (χ2n) is 6.78. The van der Waals surface area contributed by atoms with Gasteiger partial charge in [-0.05, 0) is 13.3 Å². The predicted octanol–water partition coefficient (Wildman–Crippen LogP) is -0.0179. The highest BCUT2D eigenvalue weighted by molar-refractivity contribution is 7.51. The van der Waals surface area contributed by atoms with Crippen molar-refractivity contribution in [2.75, 3.05) is 19.3 Å². The van der Waals surface area contributed by atoms with E-state index in [4.69, 9.17) is 19.3 Å². The molecule has 3 rings (SSSR count). The van der Waals surface area contributed by atoms with Gasteiger partial charge in [-0.2, -0.15) is 0 Å². The maximum atomic E-state index is 12.8. The number of likely N-dealkylation sites (tertiary alicyclic amines) is 1. The molecule has 2 amide bonds. The molecule has 2 saturated heterocycles. The van der Waals surface area contributed by atoms with Crippen molar-refractivity contribution in [2.45, 2.75) is 25.0 Å². The number of carbonyl (C=O) groups is 3. The van der Waals surface area contributed by atoms with Crippen LogP contribution in [0.15, 0.2) is 24.3 Å². The van der Waals surface area contributed by atoms with E-state index in [0.29, 0.717) is 0 Å². The van der Waals surface area contributed by atoms with Crippen LogP contribution in [0.2, 0.25) is 0 Å². The number of amides is 2. The summed E-state index contributed by atoms with van der Waals surface area (Å²) in [5, 5.41) is 0. The lowest BCUT2D eigenvalue weighted by atomic mass is 9.76. The SMILES string of the molecule is C=C(C)C(=O)OCCN1C(=O)C2C3C=CC(CCP(=O)(O)O)(O3)C2C1=O. The number of ether oxygens (including phenoxy) is 2. The molecule has 0 aliphatic carbocycles. The van der Waals surface area contributed by atoms with Crippen LogP contribution in [-0.2, 0) is 28.4 Å². The number of imide groups is 1. The molecule has 10 heteroatoms. The number of hydrogen-bond donors (Lipinski definition) is 2. The van der Waals surface area contributed by atoms with E-state index < -0.39 is 55.1 Å². The van der Waals surface area contributed by atoms with Gasteiger partial charge in [0.25, 0.3) is 0 Å². The van der Waals surface area contributed by atoms with Gasteiger partial charge in [-0.15, -0.1) is 0 Å². The summed E-state index contributed by atoms with van der Waals surface area (Å²) in [6.07, 6.45) is 2.21. The number of rotatable bonds is 7. The molecule has 0 spiro atoms. The lowest BCUT2D eigenvalue weighted by Crippen LogP contribution is -2.42. The average Bonchev–Trinajstić information content (AvgIpc) is 3.18. The van der Waals surface area contributed by atoms with Crippen LogP contribution >= 0.6 is 7.60 Å². The summed E-state index contributed by atoms with van der Waals surface area (Å²) >= 11 is 0. The van der Waals surface area contributed by atoms with Crippen LogP contribution in [0.5, 0.6) is 0 Å². The molecule has 4 unspecified atom stereocenters. The molecule has 0 radical (unpaired) electrons. The Morgan fingerprint density at radius 3 is 2.73 bits per heavy atom. The average molecular weight is 385 g/mol. The second kappa shape index (κ2) is 6.42. The van der Waals surface area contributed by atoms with E-state index in [-0.39, 0.29) is 25.1 Å². The molecular weight excluding hydrogens is 365 g/mol. The van der Waals surface area contributed by atoms with E-state index in [2.05, 4.69) is 6.58 Å². The third-order valence-electron chi connectivity index (χ3n) is 4.94. The molecule has 0 saturated carbocycles. The molecule has 0 aromatic heterocycles. The molecule has 2 fully saturated rings. The van der Waals surface area contributed by atoms with Crippen molar-refractivity contribution in [1.29, 1.82) is 0 Å². The van der Waals surface area contributed by atoms with Crippen molar-refractivity contribution in [3.63, 3.8) is 0 Å². The molecule has 9 nitrogen and oxygen atoms in total. The van der Waals surface area contributed by atoms with E-state index in [1.165, 1.54) is 6.92 Å². The summed E-state index contributed by atoms with van der Waals surface area (Å²) in [4.78, 5) is 56.1. The lowest BCUT2D eigenvalue weighted by Gasteiger charge is -2.29. The first kappa shape index (κ1) is 19.0. The normalized spacial score (nSPS) is 32.3. The van der Waals surface area contributed by atoms with Gasteiger partial charge in [-0.1, -0.05) is 18.7 Å². The fourth-order valence-corrected chi connectivity index (χ4v) is 4.39. The van der Waals surface area contributed by atoms with Crippen LogP contribution in [0.3, 0.4) is 0 Å². The fraction of sp³-hybridized carbons (Fsp3) is 0.562. The molecule has 3 heterocycles. The first-order valence-electron chi connectivity index (χ1n) is 8.15. The van der Waals surface area contributed by atoms with Gasteiger partial charge in [-0.3, -0.25) is 19.1 Å². The fourth-order valence-electron chi connectivity index (χ4n) is 3.75. The van der Waals surface area contributed by atoms with E-state index in [9.17, 15) is 18.9 Å². The zero-order valence-corrected chi connectivity index (χ0v) is 15.1. The van der Waals surface area contributed by atoms with Gasteiger partial charge in [0.1, 0.15) is 12.2 Å². The Morgan fingerprint density at radius 2 is 2.12 bits per heavy atom. The van der Waals surface area contributed by atoms with Crippen LogP contribution in [0.1, 0.15) is 13.3 Å². The summed E-state index contributed by atoms with van der Waals surface area (Å²) in [7, 11) is -4.27. The Labute approximate surface area is 149 Å². The highest BCUT2D eigenvalue weighted by Gasteiger charge is 2.67. The van der Waals surface area contributed by atoms with E-state index in [1.54, 1.807) is 12.2 Å². The maximum absolute atomic E-state index is 12.8. The van der Waals surface area contributed by atoms with Gasteiger partial charge in [0, 0.05) is 5.57 Å². The van der Waals surface area contributed by atoms with Crippen molar-refractivity contribution in [2.24, 2.45) is 11.8 Å². The number of esters is 1. The molecule has 4 atom stereocenters. The maximum Gasteiger partial charge on any atom is 0.333 e. The topological polar surface area (TPSA) is 130 Å². The van der Waals surface area contributed by atoms with Crippen molar-refractivity contribution in [1.82, 2.24) is 4.90 Å². The molecular formula is C16H20NO8P. The molecule has 2 N–H and O–H groups in total. The number of hydrogen-bond acceptors (Lipinski definition) is 6. The Kier molecular flexibility index (Phi) is 4.69. The number of fused-ring (bicyclic) bond motifs is 5. The predicted molar refractivity (Wildman–Crippen MR) is 87.7 cm³/mol. The molecule has 0 aromatic rings. The molecule has 3 aliphatic heterocycles. The van der Waals surface area contributed by atoms with Gasteiger partial charge in [0.2, 0.25) is 11.8 Å². The highest BCUT2D eigenvalue weighted by atomic mass is 31.2.